The lowest BCUT2D eigenvalue weighted by molar-refractivity contribution is -0.157. The minimum atomic E-state index is -0.453. The summed E-state index contributed by atoms with van der Waals surface area (Å²) < 4.78 is 10.1. The largest absolute Gasteiger partial charge is 0.359 e. The zero-order chi connectivity index (χ0) is 13.0. The molecule has 0 saturated carbocycles. The van der Waals surface area contributed by atoms with Crippen molar-refractivity contribution in [3.8, 4) is 0 Å². The predicted octanol–water partition coefficient (Wildman–Crippen LogP) is 0.345. The van der Waals surface area contributed by atoms with E-state index in [9.17, 15) is 4.79 Å². The second-order valence-electron chi connectivity index (χ2n) is 4.32. The summed E-state index contributed by atoms with van der Waals surface area (Å²) >= 11 is 0. The zero-order valence-corrected chi connectivity index (χ0v) is 10.4. The molecule has 1 fully saturated rings. The van der Waals surface area contributed by atoms with E-state index in [0.29, 0.717) is 13.2 Å². The molecule has 0 radical (unpaired) electrons. The molecular weight excluding hydrogens is 232 g/mol. The minimum Gasteiger partial charge on any atom is -0.359 e. The summed E-state index contributed by atoms with van der Waals surface area (Å²) in [5, 5.41) is 0. The van der Waals surface area contributed by atoms with Gasteiger partial charge in [-0.05, 0) is 5.56 Å². The molecule has 2 rings (SSSR count). The fraction of sp³-hybridized carbons (Fsp3) is 0.462. The van der Waals surface area contributed by atoms with Crippen LogP contribution in [0, 0.1) is 0 Å². The summed E-state index contributed by atoms with van der Waals surface area (Å²) in [5.41, 5.74) is 6.87. The van der Waals surface area contributed by atoms with Crippen LogP contribution >= 0.6 is 0 Å². The number of nitrogens with two attached hydrogens (primary N) is 1. The second kappa shape index (κ2) is 5.95. The highest BCUT2D eigenvalue weighted by atomic mass is 16.7. The van der Waals surface area contributed by atoms with Crippen molar-refractivity contribution in [1.29, 1.82) is 0 Å². The number of nitrogens with zero attached hydrogens (tertiary/aromatic N) is 1. The van der Waals surface area contributed by atoms with Crippen LogP contribution in [-0.4, -0.2) is 43.4 Å². The summed E-state index contributed by atoms with van der Waals surface area (Å²) in [6, 6.07) is 9.32. The van der Waals surface area contributed by atoms with E-state index in [1.807, 2.05) is 30.3 Å². The molecule has 18 heavy (non-hydrogen) atoms. The highest BCUT2D eigenvalue weighted by Crippen LogP contribution is 2.21. The van der Waals surface area contributed by atoms with Gasteiger partial charge in [0.25, 0.3) is 0 Å². The lowest BCUT2D eigenvalue weighted by Crippen LogP contribution is -2.69. The lowest BCUT2D eigenvalue weighted by atomic mass is 9.95. The molecule has 1 aromatic carbocycles. The fourth-order valence-electron chi connectivity index (χ4n) is 2.05. The molecule has 1 heterocycles. The maximum Gasteiger partial charge on any atom is 0.242 e. The number of benzene rings is 1. The van der Waals surface area contributed by atoms with Crippen molar-refractivity contribution in [1.82, 2.24) is 4.90 Å². The van der Waals surface area contributed by atoms with Crippen molar-refractivity contribution in [2.45, 2.75) is 18.6 Å². The molecule has 1 aliphatic rings. The summed E-state index contributed by atoms with van der Waals surface area (Å²) in [4.78, 5) is 13.5. The number of methoxy groups -OCH3 is 1. The van der Waals surface area contributed by atoms with Crippen LogP contribution in [0.3, 0.4) is 0 Å². The Morgan fingerprint density at radius 2 is 2.06 bits per heavy atom. The highest BCUT2D eigenvalue weighted by molar-refractivity contribution is 5.89. The predicted molar refractivity (Wildman–Crippen MR) is 66.6 cm³/mol. The molecule has 0 aromatic heterocycles. The Morgan fingerprint density at radius 1 is 1.33 bits per heavy atom. The Kier molecular flexibility index (Phi) is 4.30. The van der Waals surface area contributed by atoms with Gasteiger partial charge in [-0.3, -0.25) is 4.79 Å². The third-order valence-corrected chi connectivity index (χ3v) is 3.07. The molecule has 0 unspecified atom stereocenters. The SMILES string of the molecule is COCOC[C@H]1[C@@H](N)C(=O)N1Cc1ccccc1. The molecule has 2 atom stereocenters. The maximum atomic E-state index is 11.7. The summed E-state index contributed by atoms with van der Waals surface area (Å²) in [6.45, 7) is 1.21. The minimum absolute atomic E-state index is 0.0233. The average Bonchev–Trinajstić information content (AvgIpc) is 2.42. The van der Waals surface area contributed by atoms with Gasteiger partial charge in [0.2, 0.25) is 5.91 Å². The lowest BCUT2D eigenvalue weighted by Gasteiger charge is -2.45. The summed E-state index contributed by atoms with van der Waals surface area (Å²) in [5.74, 6) is -0.0233. The topological polar surface area (TPSA) is 64.8 Å². The van der Waals surface area contributed by atoms with Crippen molar-refractivity contribution < 1.29 is 14.3 Å². The first-order valence-corrected chi connectivity index (χ1v) is 5.90. The third-order valence-electron chi connectivity index (χ3n) is 3.07. The van der Waals surface area contributed by atoms with E-state index in [1.54, 1.807) is 12.0 Å². The van der Waals surface area contributed by atoms with Gasteiger partial charge < -0.3 is 20.1 Å². The number of hydrogen-bond donors (Lipinski definition) is 1. The van der Waals surface area contributed by atoms with Gasteiger partial charge in [-0.25, -0.2) is 0 Å². The van der Waals surface area contributed by atoms with Crippen LogP contribution < -0.4 is 5.73 Å². The Bertz CT molecular complexity index is 396. The van der Waals surface area contributed by atoms with Gasteiger partial charge in [-0.2, -0.15) is 0 Å². The Balaban J connectivity index is 1.91. The molecule has 1 saturated heterocycles. The van der Waals surface area contributed by atoms with Crippen molar-refractivity contribution in [2.24, 2.45) is 5.73 Å². The van der Waals surface area contributed by atoms with Crippen LogP contribution in [0.5, 0.6) is 0 Å². The molecule has 0 aliphatic carbocycles. The number of carbonyl (C=O) groups excluding carboxylic acids is 1. The molecule has 5 nitrogen and oxygen atoms in total. The normalized spacial score (nSPS) is 23.0. The molecule has 2 N–H and O–H groups in total. The van der Waals surface area contributed by atoms with Crippen LogP contribution in [-0.2, 0) is 20.8 Å². The van der Waals surface area contributed by atoms with E-state index in [4.69, 9.17) is 15.2 Å². The van der Waals surface area contributed by atoms with E-state index < -0.39 is 6.04 Å². The van der Waals surface area contributed by atoms with Gasteiger partial charge >= 0.3 is 0 Å². The number of carbonyl (C=O) groups is 1. The van der Waals surface area contributed by atoms with Gasteiger partial charge in [0.1, 0.15) is 12.8 Å². The first-order valence-electron chi connectivity index (χ1n) is 5.90. The quantitative estimate of drug-likeness (QED) is 0.449. The van der Waals surface area contributed by atoms with Crippen LogP contribution in [0.2, 0.25) is 0 Å². The van der Waals surface area contributed by atoms with Crippen LogP contribution in [0.4, 0.5) is 0 Å². The Hall–Kier alpha value is -1.43. The smallest absolute Gasteiger partial charge is 0.242 e. The molecule has 98 valence electrons. The average molecular weight is 250 g/mol. The van der Waals surface area contributed by atoms with Gasteiger partial charge in [0.15, 0.2) is 0 Å². The number of likely N-dealkylation sites (tertiary alicyclic amines) is 1. The zero-order valence-electron chi connectivity index (χ0n) is 10.4. The number of amides is 1. The molecular formula is C13H18N2O3. The van der Waals surface area contributed by atoms with Gasteiger partial charge in [0, 0.05) is 13.7 Å². The van der Waals surface area contributed by atoms with Crippen LogP contribution in [0.1, 0.15) is 5.56 Å². The maximum absolute atomic E-state index is 11.7. The van der Waals surface area contributed by atoms with E-state index in [2.05, 4.69) is 0 Å². The van der Waals surface area contributed by atoms with E-state index in [-0.39, 0.29) is 18.7 Å². The molecule has 1 amide bonds. The van der Waals surface area contributed by atoms with Gasteiger partial charge in [0.05, 0.1) is 12.6 Å². The van der Waals surface area contributed by atoms with Gasteiger partial charge in [-0.1, -0.05) is 30.3 Å². The highest BCUT2D eigenvalue weighted by Gasteiger charge is 2.44. The first kappa shape index (κ1) is 13.0. The van der Waals surface area contributed by atoms with Gasteiger partial charge in [-0.15, -0.1) is 0 Å². The standard InChI is InChI=1S/C13H18N2O3/c1-17-9-18-8-11-12(14)13(16)15(11)7-10-5-3-2-4-6-10/h2-6,11-12H,7-9,14H2,1H3/t11-,12+/m0/s1. The fourth-order valence-corrected chi connectivity index (χ4v) is 2.05. The van der Waals surface area contributed by atoms with Crippen LogP contribution in [0.25, 0.3) is 0 Å². The second-order valence-corrected chi connectivity index (χ2v) is 4.32. The van der Waals surface area contributed by atoms with Crippen molar-refractivity contribution in [3.05, 3.63) is 35.9 Å². The van der Waals surface area contributed by atoms with Crippen LogP contribution in [0.15, 0.2) is 30.3 Å². The van der Waals surface area contributed by atoms with Crippen molar-refractivity contribution in [2.75, 3.05) is 20.5 Å². The molecule has 0 bridgehead atoms. The van der Waals surface area contributed by atoms with Crippen molar-refractivity contribution >= 4 is 5.91 Å². The summed E-state index contributed by atoms with van der Waals surface area (Å²) in [6.07, 6.45) is 0. The number of β-lactam (4-membered cyclic amide) rings is 1. The van der Waals surface area contributed by atoms with E-state index in [1.165, 1.54) is 0 Å². The number of ether oxygens (including phenoxy) is 2. The monoisotopic (exact) mass is 250 g/mol. The van der Waals surface area contributed by atoms with E-state index in [0.717, 1.165) is 5.56 Å². The van der Waals surface area contributed by atoms with E-state index >= 15 is 0 Å². The number of rotatable bonds is 6. The Morgan fingerprint density at radius 3 is 2.72 bits per heavy atom. The molecule has 0 spiro atoms. The first-order chi connectivity index (χ1) is 8.74. The molecule has 5 heteroatoms. The van der Waals surface area contributed by atoms with Crippen molar-refractivity contribution in [3.63, 3.8) is 0 Å². The molecule has 1 aromatic rings. The third kappa shape index (κ3) is 2.69. The Labute approximate surface area is 106 Å². The summed E-state index contributed by atoms with van der Waals surface area (Å²) in [7, 11) is 1.56. The molecule has 1 aliphatic heterocycles. The number of hydrogen-bond acceptors (Lipinski definition) is 4.